The molecule has 3 amide bonds. The predicted molar refractivity (Wildman–Crippen MR) is 98.1 cm³/mol. The Hall–Kier alpha value is -1.79. The van der Waals surface area contributed by atoms with E-state index in [1.165, 1.54) is 4.90 Å². The van der Waals surface area contributed by atoms with E-state index in [0.717, 1.165) is 31.6 Å². The number of nitrogens with zero attached hydrogens (tertiary/aromatic N) is 2. The third-order valence-electron chi connectivity index (χ3n) is 5.27. The van der Waals surface area contributed by atoms with Crippen LogP contribution in [-0.2, 0) is 4.79 Å². The number of hydrogen-bond donors (Lipinski definition) is 2. The van der Waals surface area contributed by atoms with Crippen molar-refractivity contribution in [2.24, 2.45) is 0 Å². The van der Waals surface area contributed by atoms with Crippen molar-refractivity contribution in [1.82, 2.24) is 10.2 Å². The summed E-state index contributed by atoms with van der Waals surface area (Å²) in [6, 6.07) is 7.25. The first-order valence-electron chi connectivity index (χ1n) is 8.84. The SMILES string of the molecule is CN(C(=O)N[C@@H]1CC(=O)N(c2ccc(Cl)cc2)C1)C1CC[NH+](C)CC1. The lowest BCUT2D eigenvalue weighted by Gasteiger charge is -2.33. The molecule has 6 nitrogen and oxygen atoms in total. The Kier molecular flexibility index (Phi) is 5.49. The monoisotopic (exact) mass is 365 g/mol. The van der Waals surface area contributed by atoms with Crippen LogP contribution in [0, 0.1) is 0 Å². The molecular weight excluding hydrogens is 340 g/mol. The maximum absolute atomic E-state index is 12.5. The van der Waals surface area contributed by atoms with Crippen molar-refractivity contribution in [2.45, 2.75) is 31.3 Å². The second-order valence-electron chi connectivity index (χ2n) is 7.13. The molecule has 2 aliphatic heterocycles. The first-order chi connectivity index (χ1) is 11.9. The summed E-state index contributed by atoms with van der Waals surface area (Å²) in [5.74, 6) is 0.0261. The van der Waals surface area contributed by atoms with Gasteiger partial charge in [-0.05, 0) is 24.3 Å². The fraction of sp³-hybridized carbons (Fsp3) is 0.556. The molecule has 0 saturated carbocycles. The number of hydrogen-bond acceptors (Lipinski definition) is 2. The number of anilines is 1. The molecular formula is C18H26ClN4O2+. The van der Waals surface area contributed by atoms with E-state index in [4.69, 9.17) is 11.6 Å². The first-order valence-corrected chi connectivity index (χ1v) is 9.22. The van der Waals surface area contributed by atoms with Crippen LogP contribution in [0.4, 0.5) is 10.5 Å². The highest BCUT2D eigenvalue weighted by Crippen LogP contribution is 2.23. The normalized spacial score (nSPS) is 26.6. The van der Waals surface area contributed by atoms with Crippen LogP contribution in [0.25, 0.3) is 0 Å². The Morgan fingerprint density at radius 1 is 1.28 bits per heavy atom. The van der Waals surface area contributed by atoms with E-state index in [9.17, 15) is 9.59 Å². The third kappa shape index (κ3) is 4.25. The van der Waals surface area contributed by atoms with Gasteiger partial charge in [0.2, 0.25) is 5.91 Å². The van der Waals surface area contributed by atoms with Crippen LogP contribution in [-0.4, -0.2) is 62.7 Å². The summed E-state index contributed by atoms with van der Waals surface area (Å²) < 4.78 is 0. The van der Waals surface area contributed by atoms with Crippen molar-refractivity contribution < 1.29 is 14.5 Å². The highest BCUT2D eigenvalue weighted by molar-refractivity contribution is 6.30. The summed E-state index contributed by atoms with van der Waals surface area (Å²) in [5.41, 5.74) is 0.817. The molecule has 1 atom stereocenters. The molecule has 25 heavy (non-hydrogen) atoms. The highest BCUT2D eigenvalue weighted by Gasteiger charge is 2.33. The largest absolute Gasteiger partial charge is 0.337 e. The zero-order valence-electron chi connectivity index (χ0n) is 14.8. The second kappa shape index (κ2) is 7.62. The summed E-state index contributed by atoms with van der Waals surface area (Å²) in [6.45, 7) is 2.68. The number of quaternary nitrogens is 1. The van der Waals surface area contributed by atoms with Crippen LogP contribution in [0.15, 0.2) is 24.3 Å². The summed E-state index contributed by atoms with van der Waals surface area (Å²) in [7, 11) is 4.04. The molecule has 7 heteroatoms. The molecule has 136 valence electrons. The number of halogens is 1. The number of carbonyl (C=O) groups is 2. The van der Waals surface area contributed by atoms with E-state index in [1.807, 2.05) is 24.1 Å². The van der Waals surface area contributed by atoms with Crippen LogP contribution in [0.2, 0.25) is 5.02 Å². The van der Waals surface area contributed by atoms with E-state index in [0.29, 0.717) is 18.0 Å². The maximum Gasteiger partial charge on any atom is 0.317 e. The maximum atomic E-state index is 12.5. The first kappa shape index (κ1) is 18.0. The molecule has 0 bridgehead atoms. The van der Waals surface area contributed by atoms with E-state index >= 15 is 0 Å². The Morgan fingerprint density at radius 3 is 2.56 bits per heavy atom. The molecule has 1 aromatic rings. The quantitative estimate of drug-likeness (QED) is 0.831. The van der Waals surface area contributed by atoms with Gasteiger partial charge in [0, 0.05) is 49.6 Å². The highest BCUT2D eigenvalue weighted by atomic mass is 35.5. The zero-order chi connectivity index (χ0) is 18.0. The summed E-state index contributed by atoms with van der Waals surface area (Å²) in [6.07, 6.45) is 2.38. The fourth-order valence-electron chi connectivity index (χ4n) is 3.60. The average Bonchev–Trinajstić information content (AvgIpc) is 2.96. The molecule has 2 saturated heterocycles. The summed E-state index contributed by atoms with van der Waals surface area (Å²) >= 11 is 5.90. The van der Waals surface area contributed by atoms with Gasteiger partial charge in [0.1, 0.15) is 0 Å². The van der Waals surface area contributed by atoms with Gasteiger partial charge < -0.3 is 20.0 Å². The van der Waals surface area contributed by atoms with Gasteiger partial charge in [-0.15, -0.1) is 0 Å². The number of likely N-dealkylation sites (tertiary alicyclic amines) is 1. The molecule has 0 radical (unpaired) electrons. The molecule has 0 spiro atoms. The molecule has 2 fully saturated rings. The minimum atomic E-state index is -0.157. The van der Waals surface area contributed by atoms with Crippen molar-refractivity contribution in [3.63, 3.8) is 0 Å². The van der Waals surface area contributed by atoms with E-state index in [1.54, 1.807) is 17.0 Å². The van der Waals surface area contributed by atoms with Crippen LogP contribution in [0.1, 0.15) is 19.3 Å². The lowest BCUT2D eigenvalue weighted by molar-refractivity contribution is -0.885. The minimum Gasteiger partial charge on any atom is -0.337 e. The van der Waals surface area contributed by atoms with Crippen LogP contribution in [0.3, 0.4) is 0 Å². The van der Waals surface area contributed by atoms with Crippen molar-refractivity contribution in [3.05, 3.63) is 29.3 Å². The number of benzene rings is 1. The molecule has 0 aromatic heterocycles. The number of nitrogens with one attached hydrogen (secondary N) is 2. The van der Waals surface area contributed by atoms with E-state index < -0.39 is 0 Å². The fourth-order valence-corrected chi connectivity index (χ4v) is 3.73. The van der Waals surface area contributed by atoms with E-state index in [2.05, 4.69) is 12.4 Å². The van der Waals surface area contributed by atoms with Gasteiger partial charge in [-0.1, -0.05) is 11.6 Å². The van der Waals surface area contributed by atoms with Crippen LogP contribution < -0.4 is 15.1 Å². The van der Waals surface area contributed by atoms with Crippen LogP contribution >= 0.6 is 11.6 Å². The average molecular weight is 366 g/mol. The van der Waals surface area contributed by atoms with Crippen molar-refractivity contribution >= 4 is 29.2 Å². The molecule has 0 aliphatic carbocycles. The van der Waals surface area contributed by atoms with Gasteiger partial charge in [-0.2, -0.15) is 0 Å². The molecule has 1 aromatic carbocycles. The summed E-state index contributed by atoms with van der Waals surface area (Å²) in [5, 5.41) is 3.66. The number of rotatable bonds is 3. The topological polar surface area (TPSA) is 57.1 Å². The van der Waals surface area contributed by atoms with Gasteiger partial charge in [0.25, 0.3) is 0 Å². The number of amides is 3. The molecule has 3 rings (SSSR count). The number of carbonyl (C=O) groups excluding carboxylic acids is 2. The Morgan fingerprint density at radius 2 is 1.92 bits per heavy atom. The molecule has 2 N–H and O–H groups in total. The minimum absolute atomic E-state index is 0.0261. The molecule has 2 aliphatic rings. The summed E-state index contributed by atoms with van der Waals surface area (Å²) in [4.78, 5) is 29.9. The van der Waals surface area contributed by atoms with E-state index in [-0.39, 0.29) is 24.0 Å². The van der Waals surface area contributed by atoms with Gasteiger partial charge in [0.15, 0.2) is 0 Å². The lowest BCUT2D eigenvalue weighted by atomic mass is 10.0. The Labute approximate surface area is 153 Å². The van der Waals surface area contributed by atoms with Gasteiger partial charge in [0.05, 0.1) is 26.2 Å². The smallest absolute Gasteiger partial charge is 0.317 e. The third-order valence-corrected chi connectivity index (χ3v) is 5.52. The predicted octanol–water partition coefficient (Wildman–Crippen LogP) is 0.764. The van der Waals surface area contributed by atoms with Crippen LogP contribution in [0.5, 0.6) is 0 Å². The van der Waals surface area contributed by atoms with Crippen molar-refractivity contribution in [2.75, 3.05) is 38.6 Å². The van der Waals surface area contributed by atoms with Gasteiger partial charge in [-0.25, -0.2) is 4.79 Å². The standard InChI is InChI=1S/C18H25ClN4O2/c1-21-9-7-15(8-10-21)22(2)18(25)20-14-11-17(24)23(12-14)16-5-3-13(19)4-6-16/h3-6,14-15H,7-12H2,1-2H3,(H,20,25)/p+1/t14-/m1/s1. The Balaban J connectivity index is 1.55. The lowest BCUT2D eigenvalue weighted by Crippen LogP contribution is -3.10. The van der Waals surface area contributed by atoms with Gasteiger partial charge in [-0.3, -0.25) is 4.79 Å². The zero-order valence-corrected chi connectivity index (χ0v) is 15.6. The molecule has 0 unspecified atom stereocenters. The number of urea groups is 1. The van der Waals surface area contributed by atoms with Crippen molar-refractivity contribution in [3.8, 4) is 0 Å². The van der Waals surface area contributed by atoms with Crippen molar-refractivity contribution in [1.29, 1.82) is 0 Å². The Bertz CT molecular complexity index is 628. The second-order valence-corrected chi connectivity index (χ2v) is 7.57. The van der Waals surface area contributed by atoms with Gasteiger partial charge >= 0.3 is 6.03 Å². The number of piperidine rings is 1. The molecule has 2 heterocycles.